The Morgan fingerprint density at radius 2 is 1.79 bits per heavy atom. The number of aromatic nitrogens is 1. The molecule has 0 fully saturated rings. The first-order valence-corrected chi connectivity index (χ1v) is 5.51. The molecule has 4 nitrogen and oxygen atoms in total. The zero-order chi connectivity index (χ0) is 13.3. The van der Waals surface area contributed by atoms with E-state index in [4.69, 9.17) is 5.11 Å². The SMILES string of the molecule is Cc1c(C(=O)O)c(=O)c(-c2ccccc2)cn1C.[NaH]. The second kappa shape index (κ2) is 6.19. The van der Waals surface area contributed by atoms with Crippen molar-refractivity contribution in [1.29, 1.82) is 0 Å². The third-order valence-corrected chi connectivity index (χ3v) is 2.98. The van der Waals surface area contributed by atoms with Crippen LogP contribution >= 0.6 is 0 Å². The Morgan fingerprint density at radius 1 is 1.21 bits per heavy atom. The Morgan fingerprint density at radius 3 is 2.32 bits per heavy atom. The molecular weight excluding hydrogens is 253 g/mol. The van der Waals surface area contributed by atoms with Gasteiger partial charge in [0.05, 0.1) is 0 Å². The summed E-state index contributed by atoms with van der Waals surface area (Å²) in [6, 6.07) is 9.06. The Kier molecular flexibility index (Phi) is 5.11. The molecule has 0 bridgehead atoms. The van der Waals surface area contributed by atoms with E-state index in [1.54, 1.807) is 36.9 Å². The third kappa shape index (κ3) is 2.97. The molecule has 94 valence electrons. The maximum atomic E-state index is 12.2. The van der Waals surface area contributed by atoms with Crippen molar-refractivity contribution in [1.82, 2.24) is 4.57 Å². The van der Waals surface area contributed by atoms with Gasteiger partial charge in [0.25, 0.3) is 0 Å². The van der Waals surface area contributed by atoms with Crippen molar-refractivity contribution in [2.75, 3.05) is 0 Å². The van der Waals surface area contributed by atoms with Crippen LogP contribution in [0.5, 0.6) is 0 Å². The van der Waals surface area contributed by atoms with Crippen molar-refractivity contribution in [2.24, 2.45) is 7.05 Å². The molecule has 1 aromatic heterocycles. The van der Waals surface area contributed by atoms with Gasteiger partial charge in [0.1, 0.15) is 5.56 Å². The number of aromatic carboxylic acids is 1. The molecule has 0 atom stereocenters. The van der Waals surface area contributed by atoms with Crippen LogP contribution in [0.3, 0.4) is 0 Å². The summed E-state index contributed by atoms with van der Waals surface area (Å²) in [7, 11) is 1.73. The van der Waals surface area contributed by atoms with Gasteiger partial charge in [-0.3, -0.25) is 4.79 Å². The van der Waals surface area contributed by atoms with E-state index in [1.165, 1.54) is 0 Å². The van der Waals surface area contributed by atoms with E-state index < -0.39 is 11.4 Å². The van der Waals surface area contributed by atoms with Gasteiger partial charge < -0.3 is 9.67 Å². The van der Waals surface area contributed by atoms with E-state index in [9.17, 15) is 9.59 Å². The van der Waals surface area contributed by atoms with Gasteiger partial charge in [0.2, 0.25) is 5.43 Å². The first kappa shape index (κ1) is 15.7. The Hall–Kier alpha value is -1.36. The molecule has 1 aromatic carbocycles. The monoisotopic (exact) mass is 267 g/mol. The van der Waals surface area contributed by atoms with Crippen molar-refractivity contribution in [2.45, 2.75) is 6.92 Å². The van der Waals surface area contributed by atoms with E-state index >= 15 is 0 Å². The number of rotatable bonds is 2. The van der Waals surface area contributed by atoms with E-state index in [-0.39, 0.29) is 35.1 Å². The molecule has 0 saturated carbocycles. The molecular formula is C14H14NNaO3. The summed E-state index contributed by atoms with van der Waals surface area (Å²) < 4.78 is 1.66. The minimum atomic E-state index is -1.19. The molecule has 2 rings (SSSR count). The molecule has 0 unspecified atom stereocenters. The number of carboxylic acid groups (broad SMARTS) is 1. The van der Waals surface area contributed by atoms with Crippen LogP contribution in [0, 0.1) is 6.92 Å². The number of pyridine rings is 1. The van der Waals surface area contributed by atoms with Gasteiger partial charge in [-0.25, -0.2) is 4.79 Å². The fraction of sp³-hybridized carbons (Fsp3) is 0.143. The standard InChI is InChI=1S/C14H13NO3.Na.H/c1-9-12(14(17)18)13(16)11(8-15(9)2)10-6-4-3-5-7-10;;/h3-8H,1-2H3,(H,17,18);;. The van der Waals surface area contributed by atoms with Gasteiger partial charge in [-0.1, -0.05) is 30.3 Å². The predicted molar refractivity (Wildman–Crippen MR) is 76.0 cm³/mol. The second-order valence-corrected chi connectivity index (χ2v) is 4.11. The topological polar surface area (TPSA) is 59.3 Å². The van der Waals surface area contributed by atoms with Crippen molar-refractivity contribution >= 4 is 35.5 Å². The van der Waals surface area contributed by atoms with Crippen LogP contribution in [0.1, 0.15) is 16.1 Å². The first-order chi connectivity index (χ1) is 8.52. The minimum absolute atomic E-state index is 0. The Labute approximate surface area is 133 Å². The molecule has 19 heavy (non-hydrogen) atoms. The van der Waals surface area contributed by atoms with Crippen LogP contribution in [-0.4, -0.2) is 45.2 Å². The summed E-state index contributed by atoms with van der Waals surface area (Å²) >= 11 is 0. The Balaban J connectivity index is 0.00000180. The number of aryl methyl sites for hydroxylation is 1. The van der Waals surface area contributed by atoms with Crippen LogP contribution in [0.2, 0.25) is 0 Å². The fourth-order valence-corrected chi connectivity index (χ4v) is 1.90. The van der Waals surface area contributed by atoms with E-state index in [1.807, 2.05) is 18.2 Å². The van der Waals surface area contributed by atoms with E-state index in [0.717, 1.165) is 5.56 Å². The number of benzene rings is 1. The summed E-state index contributed by atoms with van der Waals surface area (Å²) in [5, 5.41) is 9.13. The summed E-state index contributed by atoms with van der Waals surface area (Å²) in [6.45, 7) is 1.62. The summed E-state index contributed by atoms with van der Waals surface area (Å²) in [4.78, 5) is 23.4. The molecule has 0 saturated heterocycles. The van der Waals surface area contributed by atoms with E-state index in [2.05, 4.69) is 0 Å². The average Bonchev–Trinajstić information content (AvgIpc) is 2.34. The zero-order valence-electron chi connectivity index (χ0n) is 10.2. The van der Waals surface area contributed by atoms with Gasteiger partial charge in [0.15, 0.2) is 0 Å². The number of carboxylic acids is 1. The Bertz CT molecular complexity index is 662. The summed E-state index contributed by atoms with van der Waals surface area (Å²) in [5.41, 5.74) is 0.969. The normalized spacial score (nSPS) is 9.79. The zero-order valence-corrected chi connectivity index (χ0v) is 10.2. The molecule has 0 amide bonds. The van der Waals surface area contributed by atoms with Gasteiger partial charge in [-0.15, -0.1) is 0 Å². The summed E-state index contributed by atoms with van der Waals surface area (Å²) in [6.07, 6.45) is 1.67. The molecule has 0 aliphatic heterocycles. The number of carbonyl (C=O) groups is 1. The molecule has 5 heteroatoms. The molecule has 0 spiro atoms. The van der Waals surface area contributed by atoms with Crippen LogP contribution in [0.4, 0.5) is 0 Å². The first-order valence-electron chi connectivity index (χ1n) is 5.51. The predicted octanol–water partition coefficient (Wildman–Crippen LogP) is 1.41. The third-order valence-electron chi connectivity index (χ3n) is 2.98. The number of hydrogen-bond acceptors (Lipinski definition) is 2. The fourth-order valence-electron chi connectivity index (χ4n) is 1.90. The van der Waals surface area contributed by atoms with Crippen molar-refractivity contribution in [3.63, 3.8) is 0 Å². The molecule has 0 aliphatic rings. The molecule has 1 heterocycles. The average molecular weight is 267 g/mol. The maximum absolute atomic E-state index is 12.2. The molecule has 0 aliphatic carbocycles. The van der Waals surface area contributed by atoms with E-state index in [0.29, 0.717) is 11.3 Å². The number of nitrogens with zero attached hydrogens (tertiary/aromatic N) is 1. The van der Waals surface area contributed by atoms with Gasteiger partial charge in [-0.05, 0) is 12.5 Å². The van der Waals surface area contributed by atoms with Gasteiger partial charge in [0, 0.05) is 24.5 Å². The van der Waals surface area contributed by atoms with Crippen LogP contribution in [0.15, 0.2) is 41.3 Å². The van der Waals surface area contributed by atoms with Crippen LogP contribution < -0.4 is 5.43 Å². The van der Waals surface area contributed by atoms with Gasteiger partial charge >= 0.3 is 35.5 Å². The molecule has 2 aromatic rings. The van der Waals surface area contributed by atoms with Crippen LogP contribution in [-0.2, 0) is 7.05 Å². The molecule has 1 N–H and O–H groups in total. The van der Waals surface area contributed by atoms with Crippen molar-refractivity contribution in [3.8, 4) is 11.1 Å². The van der Waals surface area contributed by atoms with Crippen LogP contribution in [0.25, 0.3) is 11.1 Å². The van der Waals surface area contributed by atoms with Gasteiger partial charge in [-0.2, -0.15) is 0 Å². The van der Waals surface area contributed by atoms with Crippen molar-refractivity contribution in [3.05, 3.63) is 58.0 Å². The summed E-state index contributed by atoms with van der Waals surface area (Å²) in [5.74, 6) is -1.19. The second-order valence-electron chi connectivity index (χ2n) is 4.11. The number of hydrogen-bond donors (Lipinski definition) is 1. The van der Waals surface area contributed by atoms with Crippen molar-refractivity contribution < 1.29 is 9.90 Å². The quantitative estimate of drug-likeness (QED) is 0.837. The molecule has 0 radical (unpaired) electrons.